The second-order valence-corrected chi connectivity index (χ2v) is 20.1. The van der Waals surface area contributed by atoms with Gasteiger partial charge >= 0.3 is 173 Å². The van der Waals surface area contributed by atoms with E-state index < -0.39 is 25.1 Å². The van der Waals surface area contributed by atoms with Gasteiger partial charge in [0.1, 0.15) is 0 Å². The molecule has 144 valence electrons. The Bertz CT molecular complexity index is 1250. The minimum absolute atomic E-state index is 0.529. The quantitative estimate of drug-likeness (QED) is 0.332. The summed E-state index contributed by atoms with van der Waals surface area (Å²) < 4.78 is 25.3. The van der Waals surface area contributed by atoms with E-state index in [0.29, 0.717) is 0 Å². The number of fused-ring (bicyclic) bond motifs is 3. The molecule has 0 aliphatic heterocycles. The Morgan fingerprint density at radius 3 is 2.43 bits per heavy atom. The summed E-state index contributed by atoms with van der Waals surface area (Å²) in [7, 11) is 0. The molecule has 0 saturated carbocycles. The van der Waals surface area contributed by atoms with Gasteiger partial charge in [0.2, 0.25) is 0 Å². The molecule has 2 aromatic heterocycles. The zero-order valence-corrected chi connectivity index (χ0v) is 19.6. The maximum absolute atomic E-state index is 8.99. The minimum atomic E-state index is -2.35. The molecule has 2 aromatic carbocycles. The van der Waals surface area contributed by atoms with Gasteiger partial charge in [-0.15, -0.1) is 0 Å². The monoisotopic (exact) mass is 435 g/mol. The van der Waals surface area contributed by atoms with Crippen molar-refractivity contribution < 1.29 is 7.16 Å². The first-order valence-corrected chi connectivity index (χ1v) is 17.2. The van der Waals surface area contributed by atoms with Gasteiger partial charge in [-0.25, -0.2) is 0 Å². The molecule has 0 aliphatic rings. The number of nitrogens with zero attached hydrogens (tertiary/aromatic N) is 1. The number of rotatable bonds is 3. The van der Waals surface area contributed by atoms with Crippen LogP contribution in [0.4, 0.5) is 0 Å². The van der Waals surface area contributed by atoms with Gasteiger partial charge in [-0.05, 0) is 0 Å². The van der Waals surface area contributed by atoms with Crippen LogP contribution in [0.25, 0.3) is 33.2 Å². The van der Waals surface area contributed by atoms with E-state index in [1.54, 1.807) is 0 Å². The molecule has 2 heterocycles. The molecule has 0 bridgehead atoms. The molecular weight excluding hydrogens is 403 g/mol. The average molecular weight is 434 g/mol. The summed E-state index contributed by atoms with van der Waals surface area (Å²) in [6, 6.07) is 16.1. The summed E-state index contributed by atoms with van der Waals surface area (Å²) in [4.78, 5) is 4.81. The number of aromatic nitrogens is 1. The van der Waals surface area contributed by atoms with Gasteiger partial charge in [0.15, 0.2) is 0 Å². The molecule has 0 saturated heterocycles. The first-order chi connectivity index (χ1) is 13.9. The van der Waals surface area contributed by atoms with Crippen molar-refractivity contribution in [2.24, 2.45) is 5.41 Å². The van der Waals surface area contributed by atoms with Crippen LogP contribution in [0.2, 0.25) is 17.3 Å². The molecule has 2 nitrogen and oxygen atoms in total. The van der Waals surface area contributed by atoms with Gasteiger partial charge in [-0.1, -0.05) is 0 Å². The molecular formula is C25H29GeNO. The molecule has 0 N–H and O–H groups in total. The van der Waals surface area contributed by atoms with Crippen LogP contribution in [-0.4, -0.2) is 18.3 Å². The van der Waals surface area contributed by atoms with Crippen LogP contribution in [0.1, 0.15) is 29.1 Å². The van der Waals surface area contributed by atoms with E-state index in [-0.39, 0.29) is 0 Å². The van der Waals surface area contributed by atoms with E-state index in [9.17, 15) is 0 Å². The number of hydrogen-bond donors (Lipinski definition) is 0. The number of pyridine rings is 1. The summed E-state index contributed by atoms with van der Waals surface area (Å²) >= 11 is -2.35. The van der Waals surface area contributed by atoms with Gasteiger partial charge in [-0.3, -0.25) is 0 Å². The number of hydrogen-bond acceptors (Lipinski definition) is 2. The second kappa shape index (κ2) is 6.77. The van der Waals surface area contributed by atoms with Crippen molar-refractivity contribution in [3.63, 3.8) is 0 Å². The van der Waals surface area contributed by atoms with Crippen LogP contribution in [0.3, 0.4) is 0 Å². The first kappa shape index (κ1) is 16.8. The van der Waals surface area contributed by atoms with Crippen molar-refractivity contribution in [3.05, 3.63) is 60.3 Å². The summed E-state index contributed by atoms with van der Waals surface area (Å²) in [6.45, 7) is 5.89. The topological polar surface area (TPSA) is 26.0 Å². The Kier molecular flexibility index (Phi) is 4.07. The third-order valence-corrected chi connectivity index (χ3v) is 9.13. The van der Waals surface area contributed by atoms with E-state index in [1.807, 2.05) is 63.4 Å². The molecule has 0 amide bonds. The summed E-state index contributed by atoms with van der Waals surface area (Å²) in [6.07, 6.45) is 0.454. The average Bonchev–Trinajstić information content (AvgIpc) is 3.04. The number of para-hydroxylation sites is 2. The van der Waals surface area contributed by atoms with E-state index in [1.165, 1.54) is 0 Å². The molecule has 0 atom stereocenters. The van der Waals surface area contributed by atoms with E-state index in [2.05, 4.69) is 29.4 Å². The van der Waals surface area contributed by atoms with Gasteiger partial charge in [-0.2, -0.15) is 0 Å². The van der Waals surface area contributed by atoms with Crippen molar-refractivity contribution in [2.75, 3.05) is 0 Å². The Balaban J connectivity index is 2.00. The van der Waals surface area contributed by atoms with Gasteiger partial charge in [0.25, 0.3) is 0 Å². The van der Waals surface area contributed by atoms with Crippen LogP contribution >= 0.6 is 0 Å². The van der Waals surface area contributed by atoms with Crippen LogP contribution in [-0.2, 0) is 6.37 Å². The Morgan fingerprint density at radius 2 is 1.71 bits per heavy atom. The van der Waals surface area contributed by atoms with E-state index >= 15 is 0 Å². The fourth-order valence-electron chi connectivity index (χ4n) is 3.66. The van der Waals surface area contributed by atoms with Crippen molar-refractivity contribution in [1.29, 1.82) is 0 Å². The third-order valence-electron chi connectivity index (χ3n) is 4.90. The fourth-order valence-corrected chi connectivity index (χ4v) is 6.58. The summed E-state index contributed by atoms with van der Waals surface area (Å²) in [5, 5.41) is 2.14. The van der Waals surface area contributed by atoms with Crippen LogP contribution < -0.4 is 4.40 Å². The van der Waals surface area contributed by atoms with Gasteiger partial charge in [0.05, 0.1) is 0 Å². The summed E-state index contributed by atoms with van der Waals surface area (Å²) in [5.74, 6) is 6.87. The predicted molar refractivity (Wildman–Crippen MR) is 123 cm³/mol. The number of furan rings is 1. The second-order valence-electron chi connectivity index (χ2n) is 9.52. The fraction of sp³-hybridized carbons (Fsp3) is 0.320. The van der Waals surface area contributed by atoms with Crippen LogP contribution in [0.15, 0.2) is 59.1 Å². The maximum atomic E-state index is 8.99. The molecule has 4 aromatic rings. The normalized spacial score (nSPS) is 14.4. The SMILES string of the molecule is [2H]C([2H])(c1cc(-c2cccc3c2oc2ccccc23)nc[c]1[Ge]([CH3])([CH3])[CH3])C(C)(C)C. The predicted octanol–water partition coefficient (Wildman–Crippen LogP) is 6.78. The Morgan fingerprint density at radius 1 is 1.00 bits per heavy atom. The van der Waals surface area contributed by atoms with Gasteiger partial charge in [0, 0.05) is 0 Å². The molecule has 0 unspecified atom stereocenters. The molecule has 28 heavy (non-hydrogen) atoms. The Hall–Kier alpha value is -2.07. The third kappa shape index (κ3) is 3.62. The summed E-state index contributed by atoms with van der Waals surface area (Å²) in [5.41, 5.74) is 3.57. The Labute approximate surface area is 173 Å². The molecule has 4 rings (SSSR count). The van der Waals surface area contributed by atoms with Crippen molar-refractivity contribution in [2.45, 2.75) is 44.4 Å². The van der Waals surface area contributed by atoms with E-state index in [0.717, 1.165) is 43.2 Å². The van der Waals surface area contributed by atoms with Crippen LogP contribution in [0.5, 0.6) is 0 Å². The standard InChI is InChI=1S/C25H29GeNO/c1-25(2,3)15-17-14-22(27-16-21(17)26(4,5)6)20-12-9-11-19-18-10-7-8-13-23(18)28-24(19)20/h7-14,16H,15H2,1-6H3/i15D2. The van der Waals surface area contributed by atoms with Crippen LogP contribution in [0, 0.1) is 5.41 Å². The van der Waals surface area contributed by atoms with Crippen molar-refractivity contribution in [1.82, 2.24) is 4.98 Å². The van der Waals surface area contributed by atoms with E-state index in [4.69, 9.17) is 12.1 Å². The molecule has 3 heteroatoms. The zero-order valence-electron chi connectivity index (χ0n) is 19.6. The molecule has 0 spiro atoms. The van der Waals surface area contributed by atoms with Crippen molar-refractivity contribution >= 4 is 39.6 Å². The van der Waals surface area contributed by atoms with Gasteiger partial charge < -0.3 is 0 Å². The zero-order chi connectivity index (χ0) is 21.9. The molecule has 0 radical (unpaired) electrons. The molecule has 0 fully saturated rings. The first-order valence-electron chi connectivity index (χ1n) is 10.8. The molecule has 0 aliphatic carbocycles. The number of benzene rings is 2. The van der Waals surface area contributed by atoms with Crippen molar-refractivity contribution in [3.8, 4) is 11.3 Å².